The van der Waals surface area contributed by atoms with Crippen molar-refractivity contribution in [1.82, 2.24) is 0 Å². The van der Waals surface area contributed by atoms with Crippen LogP contribution in [0.25, 0.3) is 11.0 Å². The highest BCUT2D eigenvalue weighted by atomic mass is 16.4. The van der Waals surface area contributed by atoms with Crippen molar-refractivity contribution in [2.24, 2.45) is 5.73 Å². The second-order valence-electron chi connectivity index (χ2n) is 4.16. The van der Waals surface area contributed by atoms with Crippen LogP contribution in [0.5, 0.6) is 0 Å². The van der Waals surface area contributed by atoms with E-state index < -0.39 is 11.5 Å². The summed E-state index contributed by atoms with van der Waals surface area (Å²) >= 11 is 0. The van der Waals surface area contributed by atoms with Crippen LogP contribution in [-0.4, -0.2) is 16.6 Å². The van der Waals surface area contributed by atoms with Crippen molar-refractivity contribution in [1.29, 1.82) is 0 Å². The number of para-hydroxylation sites is 1. The summed E-state index contributed by atoms with van der Waals surface area (Å²) in [6, 6.07) is 7.49. The van der Waals surface area contributed by atoms with E-state index in [-0.39, 0.29) is 6.42 Å². The van der Waals surface area contributed by atoms with Gasteiger partial charge in [-0.2, -0.15) is 0 Å². The van der Waals surface area contributed by atoms with Crippen LogP contribution < -0.4 is 5.73 Å². The van der Waals surface area contributed by atoms with Gasteiger partial charge in [0.1, 0.15) is 11.1 Å². The molecule has 0 aliphatic carbocycles. The second-order valence-corrected chi connectivity index (χ2v) is 4.16. The minimum Gasteiger partial charge on any atom is -0.480 e. The Hall–Kier alpha value is -1.81. The number of hydrogen-bond acceptors (Lipinski definition) is 3. The largest absolute Gasteiger partial charge is 0.480 e. The van der Waals surface area contributed by atoms with E-state index in [0.29, 0.717) is 0 Å². The topological polar surface area (TPSA) is 76.5 Å². The van der Waals surface area contributed by atoms with E-state index in [1.807, 2.05) is 24.3 Å². The zero-order valence-corrected chi connectivity index (χ0v) is 8.93. The van der Waals surface area contributed by atoms with Crippen LogP contribution in [0.2, 0.25) is 0 Å². The number of hydrogen-bond donors (Lipinski definition) is 2. The van der Waals surface area contributed by atoms with Crippen LogP contribution in [0, 0.1) is 0 Å². The molecule has 1 aromatic heterocycles. The molecule has 0 amide bonds. The van der Waals surface area contributed by atoms with Crippen molar-refractivity contribution < 1.29 is 14.3 Å². The predicted molar refractivity (Wildman–Crippen MR) is 60.1 cm³/mol. The van der Waals surface area contributed by atoms with Crippen LogP contribution in [0.3, 0.4) is 0 Å². The fraction of sp³-hybridized carbons (Fsp3) is 0.250. The number of furan rings is 1. The summed E-state index contributed by atoms with van der Waals surface area (Å²) < 4.78 is 5.33. The maximum atomic E-state index is 10.9. The van der Waals surface area contributed by atoms with Crippen molar-refractivity contribution in [2.75, 3.05) is 0 Å². The van der Waals surface area contributed by atoms with Gasteiger partial charge in [0.25, 0.3) is 0 Å². The molecule has 0 radical (unpaired) electrons. The Labute approximate surface area is 92.7 Å². The molecule has 0 aliphatic rings. The summed E-state index contributed by atoms with van der Waals surface area (Å²) in [6.45, 7) is 1.50. The molecule has 4 nitrogen and oxygen atoms in total. The predicted octanol–water partition coefficient (Wildman–Crippen LogP) is 1.78. The molecule has 0 spiro atoms. The highest BCUT2D eigenvalue weighted by Gasteiger charge is 2.29. The van der Waals surface area contributed by atoms with Gasteiger partial charge < -0.3 is 15.3 Å². The van der Waals surface area contributed by atoms with E-state index in [2.05, 4.69) is 0 Å². The number of nitrogens with two attached hydrogens (primary N) is 1. The highest BCUT2D eigenvalue weighted by molar-refractivity contribution is 5.83. The lowest BCUT2D eigenvalue weighted by atomic mass is 9.94. The summed E-state index contributed by atoms with van der Waals surface area (Å²) in [5.74, 6) is -1.02. The standard InChI is InChI=1S/C12H13NO3/c1-12(13,11(14)15)6-8-7-16-10-5-3-2-4-9(8)10/h2-5,7H,6,13H2,1H3,(H,14,15)/t12-/m1/s1. The number of fused-ring (bicyclic) bond motifs is 1. The number of carboxylic acid groups (broad SMARTS) is 1. The maximum Gasteiger partial charge on any atom is 0.323 e. The minimum absolute atomic E-state index is 0.249. The van der Waals surface area contributed by atoms with Gasteiger partial charge in [0.05, 0.1) is 6.26 Å². The quantitative estimate of drug-likeness (QED) is 0.824. The number of rotatable bonds is 3. The summed E-state index contributed by atoms with van der Waals surface area (Å²) in [5.41, 5.74) is 6.00. The smallest absolute Gasteiger partial charge is 0.323 e. The zero-order valence-electron chi connectivity index (χ0n) is 8.93. The van der Waals surface area contributed by atoms with E-state index in [9.17, 15) is 4.79 Å². The average molecular weight is 219 g/mol. The molecule has 0 unspecified atom stereocenters. The van der Waals surface area contributed by atoms with E-state index in [4.69, 9.17) is 15.3 Å². The molecular weight excluding hydrogens is 206 g/mol. The lowest BCUT2D eigenvalue weighted by Gasteiger charge is -2.17. The first kappa shape index (κ1) is 10.7. The fourth-order valence-corrected chi connectivity index (χ4v) is 1.64. The minimum atomic E-state index is -1.27. The van der Waals surface area contributed by atoms with Gasteiger partial charge in [-0.05, 0) is 13.0 Å². The first-order valence-corrected chi connectivity index (χ1v) is 4.98. The Morgan fingerprint density at radius 1 is 1.50 bits per heavy atom. The Balaban J connectivity index is 2.38. The molecule has 0 saturated carbocycles. The van der Waals surface area contributed by atoms with Crippen molar-refractivity contribution in [3.63, 3.8) is 0 Å². The molecule has 3 N–H and O–H groups in total. The molecule has 4 heteroatoms. The second kappa shape index (κ2) is 3.64. The van der Waals surface area contributed by atoms with Crippen molar-refractivity contribution >= 4 is 16.9 Å². The van der Waals surface area contributed by atoms with Gasteiger partial charge in [-0.3, -0.25) is 4.79 Å². The number of benzene rings is 1. The fourth-order valence-electron chi connectivity index (χ4n) is 1.64. The lowest BCUT2D eigenvalue weighted by Crippen LogP contribution is -2.46. The average Bonchev–Trinajstić information content (AvgIpc) is 2.61. The molecule has 1 heterocycles. The van der Waals surface area contributed by atoms with Crippen LogP contribution in [0.1, 0.15) is 12.5 Å². The molecule has 2 aromatic rings. The normalized spacial score (nSPS) is 14.9. The highest BCUT2D eigenvalue weighted by Crippen LogP contribution is 2.23. The molecule has 84 valence electrons. The molecule has 16 heavy (non-hydrogen) atoms. The van der Waals surface area contributed by atoms with E-state index in [1.54, 1.807) is 6.26 Å². The Morgan fingerprint density at radius 3 is 2.88 bits per heavy atom. The third-order valence-corrected chi connectivity index (χ3v) is 2.61. The molecule has 0 saturated heterocycles. The van der Waals surface area contributed by atoms with Crippen LogP contribution >= 0.6 is 0 Å². The van der Waals surface area contributed by atoms with E-state index >= 15 is 0 Å². The molecule has 0 fully saturated rings. The molecule has 1 aromatic carbocycles. The Bertz CT molecular complexity index is 528. The van der Waals surface area contributed by atoms with E-state index in [1.165, 1.54) is 6.92 Å². The van der Waals surface area contributed by atoms with Gasteiger partial charge in [-0.25, -0.2) is 0 Å². The van der Waals surface area contributed by atoms with Crippen molar-refractivity contribution in [3.8, 4) is 0 Å². The van der Waals surface area contributed by atoms with Crippen molar-refractivity contribution in [3.05, 3.63) is 36.1 Å². The number of carboxylic acids is 1. The molecular formula is C12H13NO3. The molecule has 1 atom stereocenters. The Morgan fingerprint density at radius 2 is 2.19 bits per heavy atom. The van der Waals surface area contributed by atoms with Gasteiger partial charge in [-0.1, -0.05) is 18.2 Å². The summed E-state index contributed by atoms with van der Waals surface area (Å²) in [5, 5.41) is 9.87. The van der Waals surface area contributed by atoms with Crippen LogP contribution in [0.15, 0.2) is 34.9 Å². The number of carbonyl (C=O) groups is 1. The summed E-state index contributed by atoms with van der Waals surface area (Å²) in [4.78, 5) is 10.9. The van der Waals surface area contributed by atoms with E-state index in [0.717, 1.165) is 16.5 Å². The number of aliphatic carboxylic acids is 1. The monoisotopic (exact) mass is 219 g/mol. The van der Waals surface area contributed by atoms with Gasteiger partial charge in [-0.15, -0.1) is 0 Å². The van der Waals surface area contributed by atoms with Gasteiger partial charge in [0.2, 0.25) is 0 Å². The SMILES string of the molecule is C[C@@](N)(Cc1coc2ccccc12)C(=O)O. The Kier molecular flexibility index (Phi) is 2.44. The third-order valence-electron chi connectivity index (χ3n) is 2.61. The first-order chi connectivity index (χ1) is 7.50. The van der Waals surface area contributed by atoms with Crippen molar-refractivity contribution in [2.45, 2.75) is 18.9 Å². The van der Waals surface area contributed by atoms with Gasteiger partial charge >= 0.3 is 5.97 Å². The zero-order chi connectivity index (χ0) is 11.8. The van der Waals surface area contributed by atoms with Gasteiger partial charge in [0, 0.05) is 17.4 Å². The summed E-state index contributed by atoms with van der Waals surface area (Å²) in [7, 11) is 0. The molecule has 0 aliphatic heterocycles. The maximum absolute atomic E-state index is 10.9. The van der Waals surface area contributed by atoms with Gasteiger partial charge in [0.15, 0.2) is 0 Å². The third kappa shape index (κ3) is 1.79. The first-order valence-electron chi connectivity index (χ1n) is 4.98. The van der Waals surface area contributed by atoms with Crippen LogP contribution in [-0.2, 0) is 11.2 Å². The molecule has 2 rings (SSSR count). The van der Waals surface area contributed by atoms with Crippen LogP contribution in [0.4, 0.5) is 0 Å². The molecule has 0 bridgehead atoms. The lowest BCUT2D eigenvalue weighted by molar-refractivity contribution is -0.142. The summed E-state index contributed by atoms with van der Waals surface area (Å²) in [6.07, 6.45) is 1.82.